The Balaban J connectivity index is 1.14. The van der Waals surface area contributed by atoms with Gasteiger partial charge in [0.25, 0.3) is 0 Å². The fourth-order valence-corrected chi connectivity index (χ4v) is 9.65. The van der Waals surface area contributed by atoms with Crippen LogP contribution >= 0.6 is 0 Å². The number of hydrogen-bond donors (Lipinski definition) is 0. The maximum Gasteiger partial charge on any atom is 0.417 e. The van der Waals surface area contributed by atoms with E-state index < -0.39 is 34.5 Å². The Hall–Kier alpha value is -8.69. The van der Waals surface area contributed by atoms with Crippen molar-refractivity contribution in [2.75, 3.05) is 0 Å². The molecule has 326 valence electrons. The van der Waals surface area contributed by atoms with E-state index in [-0.39, 0.29) is 11.4 Å². The molecule has 0 saturated carbocycles. The molecular formula is C59H35F5N4. The van der Waals surface area contributed by atoms with E-state index in [0.717, 1.165) is 90.8 Å². The molecule has 0 aliphatic heterocycles. The van der Waals surface area contributed by atoms with Gasteiger partial charge in [-0.3, -0.25) is 0 Å². The zero-order chi connectivity index (χ0) is 46.1. The van der Waals surface area contributed by atoms with E-state index in [1.165, 1.54) is 6.07 Å². The number of benzene rings is 8. The van der Waals surface area contributed by atoms with Gasteiger partial charge in [-0.1, -0.05) is 127 Å². The third-order valence-electron chi connectivity index (χ3n) is 12.7. The van der Waals surface area contributed by atoms with E-state index in [2.05, 4.69) is 0 Å². The van der Waals surface area contributed by atoms with Crippen molar-refractivity contribution < 1.29 is 22.0 Å². The van der Waals surface area contributed by atoms with E-state index in [0.29, 0.717) is 22.1 Å². The first-order valence-corrected chi connectivity index (χ1v) is 22.0. The molecule has 4 heterocycles. The summed E-state index contributed by atoms with van der Waals surface area (Å²) in [5.41, 5.74) is 7.15. The molecule has 0 N–H and O–H groups in total. The lowest BCUT2D eigenvalue weighted by Gasteiger charge is -2.22. The molecular weight excluding hydrogens is 860 g/mol. The summed E-state index contributed by atoms with van der Waals surface area (Å²) in [7, 11) is 0. The average molecular weight is 895 g/mol. The van der Waals surface area contributed by atoms with Gasteiger partial charge in [-0.05, 0) is 84.9 Å². The standard InChI is InChI=1S/C59H35F5N4/c60-46-20-11-21-47(61)58(46)44-34-56(67-52-26-9-7-18-40(52)42-32-38(28-30-54(42)67)50-24-12-22-48(65-50)36-14-3-1-4-15-36)57(35-45(44)59(62,63)64)68-53-27-10-8-19-41(53)43-33-39(29-31-55(43)68)51-25-13-23-49(66-51)37-16-5-2-6-17-37/h1-35H. The highest BCUT2D eigenvalue weighted by Crippen LogP contribution is 2.46. The predicted octanol–water partition coefficient (Wildman–Crippen LogP) is 16.3. The van der Waals surface area contributed by atoms with Crippen LogP contribution in [-0.2, 0) is 6.18 Å². The number of hydrogen-bond acceptors (Lipinski definition) is 2. The van der Waals surface area contributed by atoms with Gasteiger partial charge in [-0.2, -0.15) is 13.2 Å². The largest absolute Gasteiger partial charge is 0.417 e. The lowest BCUT2D eigenvalue weighted by molar-refractivity contribution is -0.137. The van der Waals surface area contributed by atoms with E-state index in [4.69, 9.17) is 9.97 Å². The molecule has 0 aliphatic carbocycles. The number of fused-ring (bicyclic) bond motifs is 6. The second-order valence-corrected chi connectivity index (χ2v) is 16.7. The van der Waals surface area contributed by atoms with E-state index in [1.807, 2.05) is 191 Å². The first-order chi connectivity index (χ1) is 33.2. The maximum atomic E-state index is 15.9. The minimum atomic E-state index is -5.02. The van der Waals surface area contributed by atoms with Crippen LogP contribution in [0, 0.1) is 11.6 Å². The SMILES string of the molecule is Fc1cccc(F)c1-c1cc(-n2c3ccccc3c3cc(-c4cccc(-c5ccccc5)n4)ccc32)c(-n2c3ccccc3c3cc(-c4cccc(-c5ccccc5)n4)ccc32)cc1C(F)(F)F. The Morgan fingerprint density at radius 1 is 0.338 bits per heavy atom. The number of aromatic nitrogens is 4. The van der Waals surface area contributed by atoms with Crippen molar-refractivity contribution in [3.63, 3.8) is 0 Å². The summed E-state index contributed by atoms with van der Waals surface area (Å²) in [6.45, 7) is 0. The number of rotatable bonds is 7. The number of alkyl halides is 3. The lowest BCUT2D eigenvalue weighted by Crippen LogP contribution is -2.13. The van der Waals surface area contributed by atoms with Crippen LogP contribution in [0.25, 0.3) is 111 Å². The second-order valence-electron chi connectivity index (χ2n) is 16.7. The van der Waals surface area contributed by atoms with Crippen molar-refractivity contribution in [2.24, 2.45) is 0 Å². The fraction of sp³-hybridized carbons (Fsp3) is 0.0169. The molecule has 68 heavy (non-hydrogen) atoms. The van der Waals surface area contributed by atoms with Gasteiger partial charge in [0.05, 0.1) is 67.3 Å². The quantitative estimate of drug-likeness (QED) is 0.149. The van der Waals surface area contributed by atoms with Gasteiger partial charge in [0.15, 0.2) is 0 Å². The first kappa shape index (κ1) is 40.8. The van der Waals surface area contributed by atoms with Gasteiger partial charge < -0.3 is 9.13 Å². The maximum absolute atomic E-state index is 15.9. The van der Waals surface area contributed by atoms with Gasteiger partial charge in [0.1, 0.15) is 11.6 Å². The molecule has 0 spiro atoms. The van der Waals surface area contributed by atoms with Crippen molar-refractivity contribution in [1.29, 1.82) is 0 Å². The van der Waals surface area contributed by atoms with Gasteiger partial charge in [-0.25, -0.2) is 18.7 Å². The minimum Gasteiger partial charge on any atom is -0.307 e. The molecule has 4 aromatic heterocycles. The molecule has 8 aromatic carbocycles. The normalized spacial score (nSPS) is 11.9. The van der Waals surface area contributed by atoms with E-state index in [1.54, 1.807) is 0 Å². The number of para-hydroxylation sites is 2. The molecule has 12 rings (SSSR count). The summed E-state index contributed by atoms with van der Waals surface area (Å²) in [4.78, 5) is 10.0. The van der Waals surface area contributed by atoms with Crippen molar-refractivity contribution in [1.82, 2.24) is 19.1 Å². The topological polar surface area (TPSA) is 35.6 Å². The van der Waals surface area contributed by atoms with E-state index >= 15 is 22.0 Å². The zero-order valence-corrected chi connectivity index (χ0v) is 35.9. The van der Waals surface area contributed by atoms with Crippen molar-refractivity contribution >= 4 is 43.6 Å². The Morgan fingerprint density at radius 2 is 0.735 bits per heavy atom. The Labute approximate surface area is 386 Å². The van der Waals surface area contributed by atoms with Crippen molar-refractivity contribution in [3.05, 3.63) is 230 Å². The molecule has 0 amide bonds. The van der Waals surface area contributed by atoms with Crippen LogP contribution in [0.2, 0.25) is 0 Å². The molecule has 0 fully saturated rings. The average Bonchev–Trinajstić information content (AvgIpc) is 3.88. The molecule has 0 radical (unpaired) electrons. The smallest absolute Gasteiger partial charge is 0.307 e. The summed E-state index contributed by atoms with van der Waals surface area (Å²) in [6.07, 6.45) is -5.02. The van der Waals surface area contributed by atoms with Crippen LogP contribution in [-0.4, -0.2) is 19.1 Å². The molecule has 0 bridgehead atoms. The highest BCUT2D eigenvalue weighted by molar-refractivity contribution is 6.13. The van der Waals surface area contributed by atoms with Crippen LogP contribution in [0.4, 0.5) is 22.0 Å². The van der Waals surface area contributed by atoms with Gasteiger partial charge in [0, 0.05) is 49.4 Å². The monoisotopic (exact) mass is 894 g/mol. The number of pyridine rings is 2. The molecule has 0 unspecified atom stereocenters. The molecule has 0 aliphatic rings. The summed E-state index contributed by atoms with van der Waals surface area (Å²) < 4.78 is 82.6. The fourth-order valence-electron chi connectivity index (χ4n) is 9.65. The molecule has 9 heteroatoms. The molecule has 12 aromatic rings. The van der Waals surface area contributed by atoms with Crippen LogP contribution in [0.3, 0.4) is 0 Å². The first-order valence-electron chi connectivity index (χ1n) is 22.0. The Morgan fingerprint density at radius 3 is 1.21 bits per heavy atom. The second kappa shape index (κ2) is 16.0. The zero-order valence-electron chi connectivity index (χ0n) is 35.9. The van der Waals surface area contributed by atoms with Gasteiger partial charge in [-0.15, -0.1) is 0 Å². The third kappa shape index (κ3) is 6.81. The minimum absolute atomic E-state index is 0.157. The van der Waals surface area contributed by atoms with Crippen molar-refractivity contribution in [3.8, 4) is 67.5 Å². The van der Waals surface area contributed by atoms with Crippen LogP contribution < -0.4 is 0 Å². The molecule has 0 saturated heterocycles. The summed E-state index contributed by atoms with van der Waals surface area (Å²) in [5.74, 6) is -2.22. The van der Waals surface area contributed by atoms with Crippen molar-refractivity contribution in [2.45, 2.75) is 6.18 Å². The van der Waals surface area contributed by atoms with E-state index in [9.17, 15) is 0 Å². The van der Waals surface area contributed by atoms with Crippen LogP contribution in [0.5, 0.6) is 0 Å². The summed E-state index contributed by atoms with van der Waals surface area (Å²) in [6, 6.07) is 63.9. The Bertz CT molecular complexity index is 3910. The highest BCUT2D eigenvalue weighted by Gasteiger charge is 2.37. The summed E-state index contributed by atoms with van der Waals surface area (Å²) in [5, 5.41) is 3.21. The predicted molar refractivity (Wildman–Crippen MR) is 263 cm³/mol. The Kier molecular flexibility index (Phi) is 9.62. The number of nitrogens with zero attached hydrogens (tertiary/aromatic N) is 4. The molecule has 4 nitrogen and oxygen atoms in total. The summed E-state index contributed by atoms with van der Waals surface area (Å²) >= 11 is 0. The van der Waals surface area contributed by atoms with Gasteiger partial charge >= 0.3 is 6.18 Å². The van der Waals surface area contributed by atoms with Gasteiger partial charge in [0.2, 0.25) is 0 Å². The lowest BCUT2D eigenvalue weighted by atomic mass is 9.96. The van der Waals surface area contributed by atoms with Crippen LogP contribution in [0.1, 0.15) is 5.56 Å². The highest BCUT2D eigenvalue weighted by atomic mass is 19.4. The third-order valence-corrected chi connectivity index (χ3v) is 12.7. The molecule has 0 atom stereocenters. The number of halogens is 5. The van der Waals surface area contributed by atoms with Crippen LogP contribution in [0.15, 0.2) is 212 Å².